The van der Waals surface area contributed by atoms with Gasteiger partial charge in [-0.25, -0.2) is 4.79 Å². The number of urea groups is 1. The van der Waals surface area contributed by atoms with Crippen molar-refractivity contribution in [2.24, 2.45) is 0 Å². The minimum Gasteiger partial charge on any atom is -0.396 e. The minimum atomic E-state index is -0.165. The molecule has 0 unspecified atom stereocenters. The molecule has 2 saturated heterocycles. The van der Waals surface area contributed by atoms with Gasteiger partial charge in [0.15, 0.2) is 0 Å². The Bertz CT molecular complexity index is 576. The van der Waals surface area contributed by atoms with E-state index in [9.17, 15) is 14.7 Å². The predicted molar refractivity (Wildman–Crippen MR) is 91.8 cm³/mol. The number of amides is 3. The molecule has 3 rings (SSSR count). The molecule has 3 amide bonds. The highest BCUT2D eigenvalue weighted by Gasteiger charge is 2.34. The van der Waals surface area contributed by atoms with Crippen molar-refractivity contribution >= 4 is 17.6 Å². The van der Waals surface area contributed by atoms with E-state index in [0.29, 0.717) is 19.4 Å². The van der Waals surface area contributed by atoms with Crippen LogP contribution >= 0.6 is 0 Å². The number of piperidine rings is 1. The number of carbonyl (C=O) groups is 2. The maximum absolute atomic E-state index is 12.6. The second-order valence-corrected chi connectivity index (χ2v) is 6.55. The molecule has 0 radical (unpaired) electrons. The summed E-state index contributed by atoms with van der Waals surface area (Å²) in [6.07, 6.45) is 3.98. The van der Waals surface area contributed by atoms with Crippen molar-refractivity contribution in [3.63, 3.8) is 0 Å². The van der Waals surface area contributed by atoms with Crippen molar-refractivity contribution in [3.8, 4) is 0 Å². The molecular weight excluding hydrogens is 306 g/mol. The Morgan fingerprint density at radius 2 is 2.04 bits per heavy atom. The van der Waals surface area contributed by atoms with Crippen LogP contribution in [0.15, 0.2) is 30.3 Å². The van der Waals surface area contributed by atoms with Crippen molar-refractivity contribution in [3.05, 3.63) is 30.3 Å². The summed E-state index contributed by atoms with van der Waals surface area (Å²) in [5.41, 5.74) is 0.871. The zero-order chi connectivity index (χ0) is 16.9. The summed E-state index contributed by atoms with van der Waals surface area (Å²) in [4.78, 5) is 28.4. The summed E-state index contributed by atoms with van der Waals surface area (Å²) in [6.45, 7) is 1.32. The number of aliphatic hydroxyl groups excluding tert-OH is 1. The second-order valence-electron chi connectivity index (χ2n) is 6.55. The molecule has 0 spiro atoms. The number of anilines is 1. The fraction of sp³-hybridized carbons (Fsp3) is 0.556. The SMILES string of the molecule is O=C1C[C@@H](NC(=O)N2CCCC[C@H]2CCO)CN1c1ccccc1. The summed E-state index contributed by atoms with van der Waals surface area (Å²) >= 11 is 0. The number of nitrogens with zero attached hydrogens (tertiary/aromatic N) is 2. The van der Waals surface area contributed by atoms with Gasteiger partial charge < -0.3 is 20.2 Å². The van der Waals surface area contributed by atoms with Gasteiger partial charge in [0.25, 0.3) is 0 Å². The van der Waals surface area contributed by atoms with Crippen LogP contribution in [0.2, 0.25) is 0 Å². The van der Waals surface area contributed by atoms with E-state index in [1.165, 1.54) is 0 Å². The summed E-state index contributed by atoms with van der Waals surface area (Å²) in [7, 11) is 0. The molecule has 0 bridgehead atoms. The van der Waals surface area contributed by atoms with E-state index in [2.05, 4.69) is 5.32 Å². The van der Waals surface area contributed by atoms with Gasteiger partial charge in [-0.15, -0.1) is 0 Å². The van der Waals surface area contributed by atoms with Crippen LogP contribution in [0, 0.1) is 0 Å². The molecule has 0 aliphatic carbocycles. The van der Waals surface area contributed by atoms with Crippen LogP contribution in [0.4, 0.5) is 10.5 Å². The minimum absolute atomic E-state index is 0.0389. The van der Waals surface area contributed by atoms with Gasteiger partial charge in [-0.2, -0.15) is 0 Å². The van der Waals surface area contributed by atoms with Gasteiger partial charge in [-0.1, -0.05) is 18.2 Å². The third-order valence-electron chi connectivity index (χ3n) is 4.87. The van der Waals surface area contributed by atoms with Crippen LogP contribution < -0.4 is 10.2 Å². The number of benzene rings is 1. The standard InChI is InChI=1S/C18H25N3O3/c22-11-9-16-8-4-5-10-20(16)18(24)19-14-12-17(23)21(13-14)15-6-2-1-3-7-15/h1-3,6-7,14,16,22H,4-5,8-13H2,(H,19,24)/t14-,16+/m1/s1. The van der Waals surface area contributed by atoms with Crippen molar-refractivity contribution in [1.29, 1.82) is 0 Å². The van der Waals surface area contributed by atoms with Crippen molar-refractivity contribution in [1.82, 2.24) is 10.2 Å². The molecule has 2 atom stereocenters. The maximum Gasteiger partial charge on any atom is 0.317 e. The van der Waals surface area contributed by atoms with E-state index in [4.69, 9.17) is 0 Å². The number of aliphatic hydroxyl groups is 1. The fourth-order valence-corrected chi connectivity index (χ4v) is 3.64. The van der Waals surface area contributed by atoms with Crippen LogP contribution in [0.5, 0.6) is 0 Å². The van der Waals surface area contributed by atoms with Crippen LogP contribution in [-0.2, 0) is 4.79 Å². The Kier molecular flexibility index (Phi) is 5.35. The number of likely N-dealkylation sites (tertiary alicyclic amines) is 1. The van der Waals surface area contributed by atoms with E-state index in [-0.39, 0.29) is 30.6 Å². The average molecular weight is 331 g/mol. The summed E-state index contributed by atoms with van der Waals surface area (Å²) in [5.74, 6) is 0.0389. The molecule has 0 aromatic heterocycles. The predicted octanol–water partition coefficient (Wildman–Crippen LogP) is 1.74. The lowest BCUT2D eigenvalue weighted by Crippen LogP contribution is -2.52. The van der Waals surface area contributed by atoms with Crippen molar-refractivity contribution in [2.45, 2.75) is 44.2 Å². The first-order chi connectivity index (χ1) is 11.7. The van der Waals surface area contributed by atoms with E-state index in [0.717, 1.165) is 31.5 Å². The fourth-order valence-electron chi connectivity index (χ4n) is 3.64. The monoisotopic (exact) mass is 331 g/mol. The van der Waals surface area contributed by atoms with Crippen molar-refractivity contribution in [2.75, 3.05) is 24.6 Å². The van der Waals surface area contributed by atoms with Gasteiger partial charge in [0.1, 0.15) is 0 Å². The number of nitrogens with one attached hydrogen (secondary N) is 1. The first kappa shape index (κ1) is 16.8. The van der Waals surface area contributed by atoms with E-state index < -0.39 is 0 Å². The van der Waals surface area contributed by atoms with Crippen LogP contribution in [0.3, 0.4) is 0 Å². The zero-order valence-corrected chi connectivity index (χ0v) is 13.9. The van der Waals surface area contributed by atoms with Crippen LogP contribution in [0.25, 0.3) is 0 Å². The Morgan fingerprint density at radius 1 is 1.25 bits per heavy atom. The number of hydrogen-bond acceptors (Lipinski definition) is 3. The highest BCUT2D eigenvalue weighted by Crippen LogP contribution is 2.23. The highest BCUT2D eigenvalue weighted by atomic mass is 16.3. The molecule has 1 aromatic carbocycles. The van der Waals surface area contributed by atoms with Gasteiger partial charge in [0, 0.05) is 37.8 Å². The number of para-hydroxylation sites is 1. The molecule has 2 fully saturated rings. The van der Waals surface area contributed by atoms with E-state index in [1.807, 2.05) is 35.2 Å². The summed E-state index contributed by atoms with van der Waals surface area (Å²) in [6, 6.07) is 9.37. The van der Waals surface area contributed by atoms with Gasteiger partial charge in [-0.05, 0) is 37.8 Å². The molecule has 6 nitrogen and oxygen atoms in total. The second kappa shape index (κ2) is 7.66. The average Bonchev–Trinajstić information content (AvgIpc) is 2.96. The van der Waals surface area contributed by atoms with Crippen LogP contribution in [0.1, 0.15) is 32.1 Å². The molecule has 2 N–H and O–H groups in total. The van der Waals surface area contributed by atoms with Gasteiger partial charge >= 0.3 is 6.03 Å². The molecular formula is C18H25N3O3. The topological polar surface area (TPSA) is 72.9 Å². The first-order valence-electron chi connectivity index (χ1n) is 8.72. The maximum atomic E-state index is 12.6. The lowest BCUT2D eigenvalue weighted by molar-refractivity contribution is -0.117. The number of carbonyl (C=O) groups excluding carboxylic acids is 2. The molecule has 24 heavy (non-hydrogen) atoms. The van der Waals surface area contributed by atoms with Gasteiger partial charge in [0.2, 0.25) is 5.91 Å². The summed E-state index contributed by atoms with van der Waals surface area (Å²) in [5, 5.41) is 12.2. The van der Waals surface area contributed by atoms with Crippen molar-refractivity contribution < 1.29 is 14.7 Å². The Morgan fingerprint density at radius 3 is 2.79 bits per heavy atom. The molecule has 130 valence electrons. The molecule has 0 saturated carbocycles. The molecule has 6 heteroatoms. The van der Waals surface area contributed by atoms with E-state index in [1.54, 1.807) is 4.90 Å². The van der Waals surface area contributed by atoms with E-state index >= 15 is 0 Å². The molecule has 2 heterocycles. The summed E-state index contributed by atoms with van der Waals surface area (Å²) < 4.78 is 0. The third kappa shape index (κ3) is 3.70. The van der Waals surface area contributed by atoms with Gasteiger partial charge in [-0.3, -0.25) is 4.79 Å². The Labute approximate surface area is 142 Å². The lowest BCUT2D eigenvalue weighted by Gasteiger charge is -2.36. The largest absolute Gasteiger partial charge is 0.396 e. The molecule has 1 aromatic rings. The Balaban J connectivity index is 1.60. The Hall–Kier alpha value is -2.08. The highest BCUT2D eigenvalue weighted by molar-refractivity contribution is 5.96. The number of rotatable bonds is 4. The molecule has 2 aliphatic rings. The smallest absolute Gasteiger partial charge is 0.317 e. The zero-order valence-electron chi connectivity index (χ0n) is 13.9. The lowest BCUT2D eigenvalue weighted by atomic mass is 10.00. The third-order valence-corrected chi connectivity index (χ3v) is 4.87. The number of hydrogen-bond donors (Lipinski definition) is 2. The quantitative estimate of drug-likeness (QED) is 0.883. The normalized spacial score (nSPS) is 24.3. The molecule has 2 aliphatic heterocycles. The van der Waals surface area contributed by atoms with Gasteiger partial charge in [0.05, 0.1) is 6.04 Å². The van der Waals surface area contributed by atoms with Crippen LogP contribution in [-0.4, -0.2) is 53.7 Å². The first-order valence-corrected chi connectivity index (χ1v) is 8.72.